The molecule has 1 saturated heterocycles. The van der Waals surface area contributed by atoms with Crippen molar-refractivity contribution in [3.8, 4) is 22.6 Å². The van der Waals surface area contributed by atoms with Crippen LogP contribution in [0.3, 0.4) is 0 Å². The molecule has 3 aromatic carbocycles. The fourth-order valence-electron chi connectivity index (χ4n) is 4.50. The molecular formula is C28H27N3O5. The van der Waals surface area contributed by atoms with Gasteiger partial charge in [0.25, 0.3) is 5.91 Å². The quantitative estimate of drug-likeness (QED) is 0.518. The molecule has 3 aromatic rings. The zero-order valence-electron chi connectivity index (χ0n) is 20.1. The Labute approximate surface area is 209 Å². The van der Waals surface area contributed by atoms with Gasteiger partial charge < -0.3 is 20.1 Å². The maximum atomic E-state index is 13.3. The first kappa shape index (κ1) is 23.4. The summed E-state index contributed by atoms with van der Waals surface area (Å²) >= 11 is 0. The van der Waals surface area contributed by atoms with Gasteiger partial charge in [-0.05, 0) is 48.2 Å². The summed E-state index contributed by atoms with van der Waals surface area (Å²) in [6.07, 6.45) is 0. The Morgan fingerprint density at radius 2 is 1.64 bits per heavy atom. The smallest absolute Gasteiger partial charge is 0.325 e. The van der Waals surface area contributed by atoms with Gasteiger partial charge in [0.15, 0.2) is 11.5 Å². The van der Waals surface area contributed by atoms with Crippen LogP contribution in [0.2, 0.25) is 0 Å². The van der Waals surface area contributed by atoms with E-state index in [4.69, 9.17) is 9.47 Å². The number of rotatable bonds is 6. The lowest BCUT2D eigenvalue weighted by Gasteiger charge is -2.25. The van der Waals surface area contributed by atoms with E-state index in [0.29, 0.717) is 30.3 Å². The third-order valence-corrected chi connectivity index (χ3v) is 6.59. The molecule has 2 aliphatic rings. The SMILES string of the molecule is CC(NC(=O)CN1C(=O)NC(C)(c2ccc3c(c2)OCCO3)C1=O)c1ccc(-c2ccccc2)cc1. The number of hydrogen-bond acceptors (Lipinski definition) is 5. The first-order valence-corrected chi connectivity index (χ1v) is 11.8. The van der Waals surface area contributed by atoms with Gasteiger partial charge in [-0.1, -0.05) is 60.7 Å². The molecule has 0 bridgehead atoms. The third kappa shape index (κ3) is 4.37. The van der Waals surface area contributed by atoms with Crippen molar-refractivity contribution in [2.24, 2.45) is 0 Å². The maximum Gasteiger partial charge on any atom is 0.325 e. The number of fused-ring (bicyclic) bond motifs is 1. The Morgan fingerprint density at radius 1 is 0.972 bits per heavy atom. The standard InChI is InChI=1S/C28H27N3O5/c1-18(19-8-10-21(11-9-19)20-6-4-3-5-7-20)29-25(32)17-31-26(33)28(2,30-27(31)34)22-12-13-23-24(16-22)36-15-14-35-23/h3-13,16,18H,14-15,17H2,1-2H3,(H,29,32)(H,30,34). The van der Waals surface area contributed by atoms with Gasteiger partial charge in [-0.25, -0.2) is 4.79 Å². The molecule has 2 aliphatic heterocycles. The van der Waals surface area contributed by atoms with E-state index < -0.39 is 23.4 Å². The molecule has 1 fully saturated rings. The fraction of sp³-hybridized carbons (Fsp3) is 0.250. The Hall–Kier alpha value is -4.33. The highest BCUT2D eigenvalue weighted by molar-refractivity contribution is 6.09. The molecule has 2 atom stereocenters. The molecule has 0 radical (unpaired) electrons. The van der Waals surface area contributed by atoms with Crippen molar-refractivity contribution < 1.29 is 23.9 Å². The maximum absolute atomic E-state index is 13.3. The lowest BCUT2D eigenvalue weighted by atomic mass is 9.91. The number of ether oxygens (including phenoxy) is 2. The van der Waals surface area contributed by atoms with Crippen LogP contribution in [0.5, 0.6) is 11.5 Å². The molecule has 2 heterocycles. The number of nitrogens with zero attached hydrogens (tertiary/aromatic N) is 1. The van der Waals surface area contributed by atoms with E-state index in [1.54, 1.807) is 25.1 Å². The second-order valence-electron chi connectivity index (χ2n) is 9.08. The van der Waals surface area contributed by atoms with E-state index in [1.807, 2.05) is 61.5 Å². The van der Waals surface area contributed by atoms with Gasteiger partial charge in [-0.3, -0.25) is 14.5 Å². The molecule has 8 heteroatoms. The highest BCUT2D eigenvalue weighted by atomic mass is 16.6. The van der Waals surface area contributed by atoms with Crippen molar-refractivity contribution in [3.63, 3.8) is 0 Å². The molecule has 4 amide bonds. The summed E-state index contributed by atoms with van der Waals surface area (Å²) in [5.74, 6) is 0.182. The van der Waals surface area contributed by atoms with E-state index in [9.17, 15) is 14.4 Å². The number of carbonyl (C=O) groups is 3. The molecule has 8 nitrogen and oxygen atoms in total. The largest absolute Gasteiger partial charge is 0.486 e. The van der Waals surface area contributed by atoms with Gasteiger partial charge in [-0.15, -0.1) is 0 Å². The third-order valence-electron chi connectivity index (χ3n) is 6.59. The molecule has 0 saturated carbocycles. The average molecular weight is 486 g/mol. The van der Waals surface area contributed by atoms with Crippen LogP contribution in [0.25, 0.3) is 11.1 Å². The summed E-state index contributed by atoms with van der Waals surface area (Å²) in [5, 5.41) is 5.61. The molecule has 36 heavy (non-hydrogen) atoms. The average Bonchev–Trinajstić information content (AvgIpc) is 3.12. The van der Waals surface area contributed by atoms with Crippen LogP contribution in [0.1, 0.15) is 31.0 Å². The van der Waals surface area contributed by atoms with E-state index >= 15 is 0 Å². The predicted octanol–water partition coefficient (Wildman–Crippen LogP) is 3.77. The topological polar surface area (TPSA) is 97.0 Å². The first-order chi connectivity index (χ1) is 17.3. The number of amides is 4. The van der Waals surface area contributed by atoms with Crippen LogP contribution < -0.4 is 20.1 Å². The van der Waals surface area contributed by atoms with Crippen molar-refractivity contribution in [1.29, 1.82) is 0 Å². The molecule has 2 N–H and O–H groups in total. The lowest BCUT2D eigenvalue weighted by Crippen LogP contribution is -2.43. The normalized spacial score (nSPS) is 19.6. The Balaban J connectivity index is 1.24. The highest BCUT2D eigenvalue weighted by Gasteiger charge is 2.49. The Bertz CT molecular complexity index is 1310. The van der Waals surface area contributed by atoms with Crippen molar-refractivity contribution in [1.82, 2.24) is 15.5 Å². The second-order valence-corrected chi connectivity index (χ2v) is 9.08. The van der Waals surface area contributed by atoms with Crippen LogP contribution in [0.15, 0.2) is 72.8 Å². The zero-order valence-corrected chi connectivity index (χ0v) is 20.1. The summed E-state index contributed by atoms with van der Waals surface area (Å²) in [6, 6.07) is 22.2. The minimum absolute atomic E-state index is 0.299. The van der Waals surface area contributed by atoms with Crippen molar-refractivity contribution in [3.05, 3.63) is 83.9 Å². The van der Waals surface area contributed by atoms with Crippen molar-refractivity contribution in [2.45, 2.75) is 25.4 Å². The van der Waals surface area contributed by atoms with Crippen LogP contribution in [0.4, 0.5) is 4.79 Å². The lowest BCUT2D eigenvalue weighted by molar-refractivity contribution is -0.135. The number of benzene rings is 3. The molecule has 184 valence electrons. The summed E-state index contributed by atoms with van der Waals surface area (Å²) in [7, 11) is 0. The minimum atomic E-state index is -1.31. The van der Waals surface area contributed by atoms with Crippen molar-refractivity contribution >= 4 is 17.8 Å². The van der Waals surface area contributed by atoms with E-state index in [1.165, 1.54) is 0 Å². The summed E-state index contributed by atoms with van der Waals surface area (Å²) in [6.45, 7) is 3.97. The molecule has 0 aromatic heterocycles. The summed E-state index contributed by atoms with van der Waals surface area (Å²) in [5.41, 5.74) is 2.35. The second kappa shape index (κ2) is 9.37. The van der Waals surface area contributed by atoms with Gasteiger partial charge in [0.1, 0.15) is 25.3 Å². The van der Waals surface area contributed by atoms with Gasteiger partial charge in [-0.2, -0.15) is 0 Å². The number of nitrogens with one attached hydrogen (secondary N) is 2. The van der Waals surface area contributed by atoms with Crippen LogP contribution in [0, 0.1) is 0 Å². The van der Waals surface area contributed by atoms with E-state index in [-0.39, 0.29) is 12.6 Å². The highest BCUT2D eigenvalue weighted by Crippen LogP contribution is 2.36. The molecular weight excluding hydrogens is 458 g/mol. The molecule has 0 aliphatic carbocycles. The molecule has 2 unspecified atom stereocenters. The van der Waals surface area contributed by atoms with Crippen LogP contribution in [-0.4, -0.2) is 42.5 Å². The number of hydrogen-bond donors (Lipinski definition) is 2. The first-order valence-electron chi connectivity index (χ1n) is 11.8. The molecule has 5 rings (SSSR count). The van der Waals surface area contributed by atoms with Gasteiger partial charge in [0.05, 0.1) is 6.04 Å². The summed E-state index contributed by atoms with van der Waals surface area (Å²) in [4.78, 5) is 39.7. The number of carbonyl (C=O) groups excluding carboxylic acids is 3. The van der Waals surface area contributed by atoms with Gasteiger partial charge in [0.2, 0.25) is 5.91 Å². The Morgan fingerprint density at radius 3 is 2.36 bits per heavy atom. The fourth-order valence-corrected chi connectivity index (χ4v) is 4.50. The van der Waals surface area contributed by atoms with Crippen molar-refractivity contribution in [2.75, 3.05) is 19.8 Å². The summed E-state index contributed by atoms with van der Waals surface area (Å²) < 4.78 is 11.2. The van der Waals surface area contributed by atoms with Gasteiger partial charge >= 0.3 is 6.03 Å². The predicted molar refractivity (Wildman–Crippen MR) is 133 cm³/mol. The minimum Gasteiger partial charge on any atom is -0.486 e. The zero-order chi connectivity index (χ0) is 25.3. The van der Waals surface area contributed by atoms with E-state index in [0.717, 1.165) is 21.6 Å². The van der Waals surface area contributed by atoms with E-state index in [2.05, 4.69) is 10.6 Å². The van der Waals surface area contributed by atoms with Gasteiger partial charge in [0, 0.05) is 0 Å². The molecule has 0 spiro atoms. The van der Waals surface area contributed by atoms with Crippen LogP contribution >= 0.6 is 0 Å². The number of imide groups is 1. The number of urea groups is 1. The Kier molecular flexibility index (Phi) is 6.10. The van der Waals surface area contributed by atoms with Crippen LogP contribution in [-0.2, 0) is 15.1 Å². The monoisotopic (exact) mass is 485 g/mol.